The molecule has 6 heteroatoms. The Labute approximate surface area is 80.6 Å². The SMILES string of the molecule is O=S(=O)(Cl)c1ccc(NCO)cc1. The van der Waals surface area contributed by atoms with Gasteiger partial charge in [0, 0.05) is 16.4 Å². The van der Waals surface area contributed by atoms with Crippen LogP contribution in [0.15, 0.2) is 29.2 Å². The van der Waals surface area contributed by atoms with Crippen molar-refractivity contribution in [1.82, 2.24) is 0 Å². The van der Waals surface area contributed by atoms with E-state index in [9.17, 15) is 8.42 Å². The van der Waals surface area contributed by atoms with Gasteiger partial charge in [0.25, 0.3) is 9.05 Å². The van der Waals surface area contributed by atoms with Gasteiger partial charge in [-0.1, -0.05) is 0 Å². The van der Waals surface area contributed by atoms with Gasteiger partial charge in [0.2, 0.25) is 0 Å². The van der Waals surface area contributed by atoms with Crippen LogP contribution in [0, 0.1) is 0 Å². The van der Waals surface area contributed by atoms with Crippen molar-refractivity contribution in [2.45, 2.75) is 4.90 Å². The number of anilines is 1. The van der Waals surface area contributed by atoms with E-state index in [1.807, 2.05) is 0 Å². The molecule has 0 amide bonds. The topological polar surface area (TPSA) is 66.4 Å². The van der Waals surface area contributed by atoms with Gasteiger partial charge in [-0.2, -0.15) is 0 Å². The fraction of sp³-hybridized carbons (Fsp3) is 0.143. The Morgan fingerprint density at radius 2 is 1.85 bits per heavy atom. The van der Waals surface area contributed by atoms with Gasteiger partial charge in [0.15, 0.2) is 0 Å². The lowest BCUT2D eigenvalue weighted by atomic mass is 10.3. The second-order valence-electron chi connectivity index (χ2n) is 2.30. The highest BCUT2D eigenvalue weighted by Crippen LogP contribution is 2.17. The average Bonchev–Trinajstić information content (AvgIpc) is 2.04. The van der Waals surface area contributed by atoms with Crippen LogP contribution in [0.2, 0.25) is 0 Å². The summed E-state index contributed by atoms with van der Waals surface area (Å²) < 4.78 is 21.6. The minimum atomic E-state index is -3.65. The highest BCUT2D eigenvalue weighted by molar-refractivity contribution is 8.13. The summed E-state index contributed by atoms with van der Waals surface area (Å²) >= 11 is 0. The molecule has 4 nitrogen and oxygen atoms in total. The Kier molecular flexibility index (Phi) is 3.13. The highest BCUT2D eigenvalue weighted by atomic mass is 35.7. The highest BCUT2D eigenvalue weighted by Gasteiger charge is 2.08. The average molecular weight is 222 g/mol. The Morgan fingerprint density at radius 3 is 2.23 bits per heavy atom. The second kappa shape index (κ2) is 3.95. The van der Waals surface area contributed by atoms with E-state index >= 15 is 0 Å². The first-order chi connectivity index (χ1) is 6.04. The smallest absolute Gasteiger partial charge is 0.261 e. The molecule has 0 aliphatic rings. The molecule has 72 valence electrons. The number of benzene rings is 1. The molecule has 0 radical (unpaired) electrons. The molecular weight excluding hydrogens is 214 g/mol. The van der Waals surface area contributed by atoms with Crippen molar-refractivity contribution in [1.29, 1.82) is 0 Å². The molecule has 0 heterocycles. The number of nitrogens with one attached hydrogen (secondary N) is 1. The van der Waals surface area contributed by atoms with E-state index in [0.29, 0.717) is 5.69 Å². The van der Waals surface area contributed by atoms with E-state index in [4.69, 9.17) is 15.8 Å². The molecule has 0 saturated carbocycles. The lowest BCUT2D eigenvalue weighted by Crippen LogP contribution is -1.99. The summed E-state index contributed by atoms with van der Waals surface area (Å²) in [5, 5.41) is 11.1. The van der Waals surface area contributed by atoms with Gasteiger partial charge in [0.05, 0.1) is 4.90 Å². The van der Waals surface area contributed by atoms with Crippen molar-refractivity contribution in [2.24, 2.45) is 0 Å². The van der Waals surface area contributed by atoms with E-state index in [2.05, 4.69) is 5.32 Å². The largest absolute Gasteiger partial charge is 0.377 e. The van der Waals surface area contributed by atoms with Gasteiger partial charge in [-0.05, 0) is 24.3 Å². The molecule has 0 aliphatic carbocycles. The zero-order valence-corrected chi connectivity index (χ0v) is 8.14. The van der Waals surface area contributed by atoms with Crippen molar-refractivity contribution in [3.63, 3.8) is 0 Å². The molecule has 2 N–H and O–H groups in total. The predicted molar refractivity (Wildman–Crippen MR) is 50.2 cm³/mol. The lowest BCUT2D eigenvalue weighted by Gasteiger charge is -2.02. The number of aliphatic hydroxyl groups excluding tert-OH is 1. The molecule has 0 aliphatic heterocycles. The third-order valence-corrected chi connectivity index (χ3v) is 2.79. The van der Waals surface area contributed by atoms with Crippen molar-refractivity contribution in [3.05, 3.63) is 24.3 Å². The van der Waals surface area contributed by atoms with Crippen molar-refractivity contribution < 1.29 is 13.5 Å². The van der Waals surface area contributed by atoms with E-state index in [1.54, 1.807) is 0 Å². The maximum Gasteiger partial charge on any atom is 0.261 e. The van der Waals surface area contributed by atoms with E-state index in [1.165, 1.54) is 24.3 Å². The summed E-state index contributed by atoms with van der Waals surface area (Å²) in [4.78, 5) is 0.0395. The molecule has 0 spiro atoms. The van der Waals surface area contributed by atoms with Gasteiger partial charge >= 0.3 is 0 Å². The summed E-state index contributed by atoms with van der Waals surface area (Å²) in [6.07, 6.45) is 0. The normalized spacial score (nSPS) is 11.2. The van der Waals surface area contributed by atoms with Gasteiger partial charge < -0.3 is 10.4 Å². The molecule has 1 rings (SSSR count). The van der Waals surface area contributed by atoms with Crippen LogP contribution in [0.3, 0.4) is 0 Å². The fourth-order valence-electron chi connectivity index (χ4n) is 0.827. The molecule has 0 atom stereocenters. The van der Waals surface area contributed by atoms with Crippen molar-refractivity contribution >= 4 is 25.4 Å². The van der Waals surface area contributed by atoms with E-state index in [-0.39, 0.29) is 11.6 Å². The number of aliphatic hydroxyl groups is 1. The molecule has 1 aromatic rings. The molecule has 0 aromatic heterocycles. The van der Waals surface area contributed by atoms with Crippen LogP contribution in [-0.2, 0) is 9.05 Å². The number of hydrogen-bond donors (Lipinski definition) is 2. The third kappa shape index (κ3) is 2.87. The lowest BCUT2D eigenvalue weighted by molar-refractivity contribution is 0.325. The fourth-order valence-corrected chi connectivity index (χ4v) is 1.60. The van der Waals surface area contributed by atoms with Crippen molar-refractivity contribution in [2.75, 3.05) is 12.0 Å². The van der Waals surface area contributed by atoms with Crippen LogP contribution in [0.5, 0.6) is 0 Å². The molecular formula is C7H8ClNO3S. The minimum absolute atomic E-state index is 0.0395. The quantitative estimate of drug-likeness (QED) is 0.590. The number of hydrogen-bond acceptors (Lipinski definition) is 4. The number of rotatable bonds is 3. The molecule has 0 saturated heterocycles. The van der Waals surface area contributed by atoms with Gasteiger partial charge in [-0.25, -0.2) is 8.42 Å². The molecule has 0 bridgehead atoms. The van der Waals surface area contributed by atoms with Gasteiger partial charge in [-0.15, -0.1) is 0 Å². The molecule has 13 heavy (non-hydrogen) atoms. The van der Waals surface area contributed by atoms with E-state index in [0.717, 1.165) is 0 Å². The Bertz CT molecular complexity index is 373. The first-order valence-electron chi connectivity index (χ1n) is 3.43. The monoisotopic (exact) mass is 221 g/mol. The first-order valence-corrected chi connectivity index (χ1v) is 5.74. The predicted octanol–water partition coefficient (Wildman–Crippen LogP) is 0.976. The molecule has 0 unspecified atom stereocenters. The minimum Gasteiger partial charge on any atom is -0.377 e. The van der Waals surface area contributed by atoms with Crippen LogP contribution in [-0.4, -0.2) is 20.3 Å². The van der Waals surface area contributed by atoms with E-state index < -0.39 is 9.05 Å². The Morgan fingerprint density at radius 1 is 1.31 bits per heavy atom. The van der Waals surface area contributed by atoms with Gasteiger partial charge in [-0.3, -0.25) is 0 Å². The third-order valence-electron chi connectivity index (χ3n) is 1.42. The van der Waals surface area contributed by atoms with Crippen LogP contribution >= 0.6 is 10.7 Å². The van der Waals surface area contributed by atoms with Gasteiger partial charge in [0.1, 0.15) is 6.73 Å². The summed E-state index contributed by atoms with van der Waals surface area (Å²) in [6, 6.07) is 5.76. The Balaban J connectivity index is 2.94. The summed E-state index contributed by atoms with van der Waals surface area (Å²) in [6.45, 7) is -0.201. The molecule has 1 aromatic carbocycles. The van der Waals surface area contributed by atoms with Crippen LogP contribution in [0.1, 0.15) is 0 Å². The van der Waals surface area contributed by atoms with Crippen LogP contribution in [0.25, 0.3) is 0 Å². The van der Waals surface area contributed by atoms with Crippen LogP contribution in [0.4, 0.5) is 5.69 Å². The van der Waals surface area contributed by atoms with Crippen molar-refractivity contribution in [3.8, 4) is 0 Å². The summed E-state index contributed by atoms with van der Waals surface area (Å²) in [5.74, 6) is 0. The zero-order chi connectivity index (χ0) is 9.90. The first kappa shape index (κ1) is 10.3. The summed E-state index contributed by atoms with van der Waals surface area (Å²) in [5.41, 5.74) is 0.631. The summed E-state index contributed by atoms with van der Waals surface area (Å²) in [7, 11) is 1.44. The molecule has 0 fully saturated rings. The maximum absolute atomic E-state index is 10.8. The van der Waals surface area contributed by atoms with Crippen LogP contribution < -0.4 is 5.32 Å². The number of halogens is 1. The Hall–Kier alpha value is -0.780. The standard InChI is InChI=1S/C7H8ClNO3S/c8-13(11,12)7-3-1-6(2-4-7)9-5-10/h1-4,9-10H,5H2. The zero-order valence-electron chi connectivity index (χ0n) is 6.57. The second-order valence-corrected chi connectivity index (χ2v) is 4.86. The maximum atomic E-state index is 10.8.